The monoisotopic (exact) mass is 386 g/mol. The normalized spacial score (nSPS) is 11.0. The molecule has 10 heteroatoms. The van der Waals surface area contributed by atoms with Gasteiger partial charge in [-0.2, -0.15) is 0 Å². The molecule has 0 fully saturated rings. The molecule has 134 valence electrons. The van der Waals surface area contributed by atoms with E-state index in [-0.39, 0.29) is 33.7 Å². The van der Waals surface area contributed by atoms with Gasteiger partial charge in [-0.3, -0.25) is 20.1 Å². The first kappa shape index (κ1) is 16.9. The summed E-state index contributed by atoms with van der Waals surface area (Å²) in [7, 11) is 0. The molecule has 3 aromatic heterocycles. The van der Waals surface area contributed by atoms with E-state index in [0.29, 0.717) is 5.02 Å². The quantitative estimate of drug-likeness (QED) is 0.392. The fourth-order valence-electron chi connectivity index (χ4n) is 2.65. The number of hydrogen-bond donors (Lipinski definition) is 0. The number of aromatic nitrogens is 3. The zero-order valence-electron chi connectivity index (χ0n) is 13.3. The Hall–Kier alpha value is -3.59. The highest BCUT2D eigenvalue weighted by molar-refractivity contribution is 6.30. The smallest absolute Gasteiger partial charge is 0.406 e. The molecule has 0 amide bonds. The average Bonchev–Trinajstić information content (AvgIpc) is 2.98. The molecule has 0 unspecified atom stereocenters. The molecule has 0 bridgehead atoms. The first-order valence-electron chi connectivity index (χ1n) is 7.51. The second kappa shape index (κ2) is 6.29. The fraction of sp³-hybridized carbons (Fsp3) is 0. The van der Waals surface area contributed by atoms with Gasteiger partial charge in [-0.05, 0) is 24.3 Å². The second-order valence-electron chi connectivity index (χ2n) is 5.52. The van der Waals surface area contributed by atoms with Crippen LogP contribution in [0.4, 0.5) is 10.1 Å². The molecule has 4 rings (SSSR count). The SMILES string of the molecule is O=c1oc2cnc(-c3cc(Cl)ccc3F)cc2n1-c1cncc([N+](=O)[O-])c1. The van der Waals surface area contributed by atoms with Crippen molar-refractivity contribution in [2.45, 2.75) is 0 Å². The average molecular weight is 387 g/mol. The molecular formula is C17H8ClFN4O4. The number of hydrogen-bond acceptors (Lipinski definition) is 6. The lowest BCUT2D eigenvalue weighted by Gasteiger charge is -2.05. The minimum atomic E-state index is -0.780. The zero-order valence-corrected chi connectivity index (χ0v) is 14.1. The van der Waals surface area contributed by atoms with Gasteiger partial charge in [0.2, 0.25) is 0 Å². The lowest BCUT2D eigenvalue weighted by Crippen LogP contribution is -2.12. The van der Waals surface area contributed by atoms with Crippen LogP contribution in [-0.2, 0) is 0 Å². The minimum Gasteiger partial charge on any atom is -0.406 e. The number of benzene rings is 1. The number of halogens is 2. The van der Waals surface area contributed by atoms with Crippen LogP contribution < -0.4 is 5.76 Å². The Kier molecular flexibility index (Phi) is 3.93. The highest BCUT2D eigenvalue weighted by Gasteiger charge is 2.17. The van der Waals surface area contributed by atoms with E-state index in [2.05, 4.69) is 9.97 Å². The van der Waals surface area contributed by atoms with E-state index in [4.69, 9.17) is 16.0 Å². The van der Waals surface area contributed by atoms with Gasteiger partial charge >= 0.3 is 5.76 Å². The number of nitrogens with zero attached hydrogens (tertiary/aromatic N) is 4. The van der Waals surface area contributed by atoms with Gasteiger partial charge in [0.05, 0.1) is 34.2 Å². The van der Waals surface area contributed by atoms with Gasteiger partial charge in [0.15, 0.2) is 5.58 Å². The van der Waals surface area contributed by atoms with E-state index >= 15 is 0 Å². The minimum absolute atomic E-state index is 0.136. The van der Waals surface area contributed by atoms with Crippen LogP contribution in [0.15, 0.2) is 58.1 Å². The van der Waals surface area contributed by atoms with Crippen LogP contribution in [0.1, 0.15) is 0 Å². The topological polar surface area (TPSA) is 104 Å². The molecule has 0 aliphatic rings. The summed E-state index contributed by atoms with van der Waals surface area (Å²) in [4.78, 5) is 30.5. The van der Waals surface area contributed by atoms with Crippen LogP contribution in [0.3, 0.4) is 0 Å². The predicted molar refractivity (Wildman–Crippen MR) is 94.5 cm³/mol. The molecule has 0 aliphatic carbocycles. The van der Waals surface area contributed by atoms with Crippen molar-refractivity contribution in [1.29, 1.82) is 0 Å². The fourth-order valence-corrected chi connectivity index (χ4v) is 2.82. The Bertz CT molecular complexity index is 1270. The maximum Gasteiger partial charge on any atom is 0.424 e. The highest BCUT2D eigenvalue weighted by Crippen LogP contribution is 2.28. The van der Waals surface area contributed by atoms with Crippen molar-refractivity contribution >= 4 is 28.4 Å². The lowest BCUT2D eigenvalue weighted by atomic mass is 10.1. The van der Waals surface area contributed by atoms with Crippen molar-refractivity contribution < 1.29 is 13.7 Å². The zero-order chi connectivity index (χ0) is 19.1. The lowest BCUT2D eigenvalue weighted by molar-refractivity contribution is -0.385. The third-order valence-electron chi connectivity index (χ3n) is 3.85. The predicted octanol–water partition coefficient (Wildman–Crippen LogP) is 3.74. The Morgan fingerprint density at radius 2 is 2.00 bits per heavy atom. The van der Waals surface area contributed by atoms with E-state index in [9.17, 15) is 19.3 Å². The van der Waals surface area contributed by atoms with Crippen molar-refractivity contribution in [2.24, 2.45) is 0 Å². The van der Waals surface area contributed by atoms with Gasteiger partial charge in [-0.15, -0.1) is 0 Å². The number of rotatable bonds is 3. The van der Waals surface area contributed by atoms with Crippen LogP contribution in [0.5, 0.6) is 0 Å². The molecule has 0 spiro atoms. The van der Waals surface area contributed by atoms with E-state index < -0.39 is 16.5 Å². The Morgan fingerprint density at radius 1 is 1.19 bits per heavy atom. The summed E-state index contributed by atoms with van der Waals surface area (Å²) in [5.74, 6) is -1.32. The summed E-state index contributed by atoms with van der Waals surface area (Å²) in [5, 5.41) is 11.3. The molecule has 1 aromatic carbocycles. The first-order chi connectivity index (χ1) is 12.9. The molecule has 0 radical (unpaired) electrons. The molecule has 8 nitrogen and oxygen atoms in total. The van der Waals surface area contributed by atoms with Crippen LogP contribution in [0.2, 0.25) is 5.02 Å². The Labute approximate surface area is 154 Å². The van der Waals surface area contributed by atoms with Crippen molar-refractivity contribution in [3.63, 3.8) is 0 Å². The van der Waals surface area contributed by atoms with Gasteiger partial charge in [0.25, 0.3) is 5.69 Å². The van der Waals surface area contributed by atoms with Crippen molar-refractivity contribution in [2.75, 3.05) is 0 Å². The second-order valence-corrected chi connectivity index (χ2v) is 5.96. The van der Waals surface area contributed by atoms with Gasteiger partial charge in [-0.25, -0.2) is 13.8 Å². The van der Waals surface area contributed by atoms with Gasteiger partial charge in [0, 0.05) is 16.7 Å². The molecule has 0 saturated heterocycles. The molecule has 0 atom stereocenters. The van der Waals surface area contributed by atoms with Gasteiger partial charge < -0.3 is 4.42 Å². The standard InChI is InChI=1S/C17H8ClFN4O4/c18-9-1-2-13(19)12(3-9)14-5-15-16(8-21-14)27-17(24)22(15)10-4-11(23(25)26)7-20-6-10/h1-8H. The molecule has 4 aromatic rings. The maximum atomic E-state index is 14.2. The van der Waals surface area contributed by atoms with Crippen LogP contribution >= 0.6 is 11.6 Å². The van der Waals surface area contributed by atoms with Crippen LogP contribution in [0.25, 0.3) is 28.0 Å². The summed E-state index contributed by atoms with van der Waals surface area (Å²) in [6, 6.07) is 6.64. The van der Waals surface area contributed by atoms with Crippen LogP contribution in [-0.4, -0.2) is 19.5 Å². The Balaban J connectivity index is 1.96. The van der Waals surface area contributed by atoms with Gasteiger partial charge in [-0.1, -0.05) is 11.6 Å². The maximum absolute atomic E-state index is 14.2. The molecule has 0 saturated carbocycles. The first-order valence-corrected chi connectivity index (χ1v) is 7.88. The van der Waals surface area contributed by atoms with Crippen molar-refractivity contribution in [3.05, 3.63) is 80.4 Å². The van der Waals surface area contributed by atoms with E-state index in [1.54, 1.807) is 0 Å². The van der Waals surface area contributed by atoms with Crippen molar-refractivity contribution in [1.82, 2.24) is 14.5 Å². The van der Waals surface area contributed by atoms with Crippen molar-refractivity contribution in [3.8, 4) is 16.9 Å². The summed E-state index contributed by atoms with van der Waals surface area (Å²) < 4.78 is 20.4. The largest absolute Gasteiger partial charge is 0.424 e. The third-order valence-corrected chi connectivity index (χ3v) is 4.09. The highest BCUT2D eigenvalue weighted by atomic mass is 35.5. The number of pyridine rings is 2. The molecule has 27 heavy (non-hydrogen) atoms. The number of oxazole rings is 1. The summed E-state index contributed by atoms with van der Waals surface area (Å²) in [5.41, 5.74) is 0.599. The van der Waals surface area contributed by atoms with E-state index in [1.165, 1.54) is 42.7 Å². The summed E-state index contributed by atoms with van der Waals surface area (Å²) in [6.45, 7) is 0. The summed E-state index contributed by atoms with van der Waals surface area (Å²) >= 11 is 5.92. The van der Waals surface area contributed by atoms with E-state index in [1.807, 2.05) is 0 Å². The van der Waals surface area contributed by atoms with E-state index in [0.717, 1.165) is 10.8 Å². The Morgan fingerprint density at radius 3 is 2.78 bits per heavy atom. The molecule has 3 heterocycles. The molecule has 0 aliphatic heterocycles. The molecule has 0 N–H and O–H groups in total. The van der Waals surface area contributed by atoms with Gasteiger partial charge in [0.1, 0.15) is 12.0 Å². The number of fused-ring (bicyclic) bond motifs is 1. The summed E-state index contributed by atoms with van der Waals surface area (Å²) in [6.07, 6.45) is 3.61. The number of nitro groups is 1. The van der Waals surface area contributed by atoms with Crippen LogP contribution in [0, 0.1) is 15.9 Å². The molecular weight excluding hydrogens is 379 g/mol. The third kappa shape index (κ3) is 2.93.